The molecule has 18 heavy (non-hydrogen) atoms. The van der Waals surface area contributed by atoms with Crippen molar-refractivity contribution in [2.45, 2.75) is 0 Å². The largest absolute Gasteiger partial charge is 0.382 e. The number of allylic oxidation sites excluding steroid dienone is 1. The van der Waals surface area contributed by atoms with Gasteiger partial charge in [0.15, 0.2) is 0 Å². The molecule has 0 unspecified atom stereocenters. The van der Waals surface area contributed by atoms with Crippen LogP contribution < -0.4 is 5.32 Å². The Morgan fingerprint density at radius 3 is 2.28 bits per heavy atom. The van der Waals surface area contributed by atoms with Crippen LogP contribution in [-0.4, -0.2) is 12.8 Å². The quantitative estimate of drug-likeness (QED) is 0.778. The zero-order chi connectivity index (χ0) is 12.5. The molecule has 0 saturated carbocycles. The van der Waals surface area contributed by atoms with Crippen LogP contribution in [-0.2, 0) is 0 Å². The monoisotopic (exact) mass is 236 g/mol. The average Bonchev–Trinajstić information content (AvgIpc) is 2.45. The zero-order valence-electron chi connectivity index (χ0n) is 10.2. The van der Waals surface area contributed by atoms with Crippen molar-refractivity contribution in [3.8, 4) is 0 Å². The Kier molecular flexibility index (Phi) is 4.76. The van der Waals surface area contributed by atoms with Gasteiger partial charge in [-0.05, 0) is 30.3 Å². The van der Waals surface area contributed by atoms with Gasteiger partial charge < -0.3 is 5.32 Å². The van der Waals surface area contributed by atoms with Crippen LogP contribution >= 0.6 is 0 Å². The summed E-state index contributed by atoms with van der Waals surface area (Å²) in [5, 5.41) is 3.29. The third-order valence-electron chi connectivity index (χ3n) is 2.40. The second-order valence-corrected chi connectivity index (χ2v) is 3.79. The summed E-state index contributed by atoms with van der Waals surface area (Å²) in [6.45, 7) is 0.796. The van der Waals surface area contributed by atoms with Gasteiger partial charge in [0, 0.05) is 18.4 Å². The summed E-state index contributed by atoms with van der Waals surface area (Å²) in [5.41, 5.74) is 2.10. The molecule has 2 aromatic rings. The number of nitrogens with zero attached hydrogens (tertiary/aromatic N) is 1. The number of para-hydroxylation sites is 2. The Labute approximate surface area is 108 Å². The average molecular weight is 236 g/mol. The predicted molar refractivity (Wildman–Crippen MR) is 78.7 cm³/mol. The zero-order valence-corrected chi connectivity index (χ0v) is 10.2. The van der Waals surface area contributed by atoms with Crippen molar-refractivity contribution in [1.29, 1.82) is 0 Å². The van der Waals surface area contributed by atoms with E-state index in [9.17, 15) is 0 Å². The van der Waals surface area contributed by atoms with Gasteiger partial charge in [-0.25, -0.2) is 0 Å². The van der Waals surface area contributed by atoms with Crippen molar-refractivity contribution < 1.29 is 0 Å². The Morgan fingerprint density at radius 1 is 0.889 bits per heavy atom. The van der Waals surface area contributed by atoms with Crippen molar-refractivity contribution in [1.82, 2.24) is 0 Å². The molecule has 2 nitrogen and oxygen atoms in total. The molecule has 0 aliphatic rings. The molecular formula is C16H16N2. The van der Waals surface area contributed by atoms with E-state index < -0.39 is 0 Å². The second-order valence-electron chi connectivity index (χ2n) is 3.79. The first-order chi connectivity index (χ1) is 8.95. The van der Waals surface area contributed by atoms with Gasteiger partial charge in [0.05, 0.1) is 5.69 Å². The van der Waals surface area contributed by atoms with Gasteiger partial charge in [-0.3, -0.25) is 4.99 Å². The van der Waals surface area contributed by atoms with E-state index in [-0.39, 0.29) is 0 Å². The van der Waals surface area contributed by atoms with Crippen LogP contribution in [0, 0.1) is 0 Å². The summed E-state index contributed by atoms with van der Waals surface area (Å²) >= 11 is 0. The van der Waals surface area contributed by atoms with Gasteiger partial charge in [-0.2, -0.15) is 0 Å². The van der Waals surface area contributed by atoms with Gasteiger partial charge in [0.2, 0.25) is 0 Å². The Balaban J connectivity index is 1.74. The summed E-state index contributed by atoms with van der Waals surface area (Å²) in [7, 11) is 0. The summed E-state index contributed by atoms with van der Waals surface area (Å²) < 4.78 is 0. The number of anilines is 1. The maximum absolute atomic E-state index is 4.31. The highest BCUT2D eigenvalue weighted by atomic mass is 14.8. The fourth-order valence-electron chi connectivity index (χ4n) is 1.50. The molecule has 0 bridgehead atoms. The lowest BCUT2D eigenvalue weighted by Gasteiger charge is -2.00. The van der Waals surface area contributed by atoms with Crippen LogP contribution in [0.15, 0.2) is 77.8 Å². The standard InChI is InChI=1S/C16H16N2/c1-3-9-15(10-4-1)17-13-7-8-14-18-16-11-5-2-6-12-16/h1-13,18H,14H2/b8-7+,17-13?. The molecule has 90 valence electrons. The second kappa shape index (κ2) is 7.07. The third-order valence-corrected chi connectivity index (χ3v) is 2.40. The first-order valence-electron chi connectivity index (χ1n) is 5.98. The number of aliphatic imine (C=N–C) groups is 1. The molecule has 1 N–H and O–H groups in total. The summed E-state index contributed by atoms with van der Waals surface area (Å²) in [5.74, 6) is 0. The van der Waals surface area contributed by atoms with E-state index in [4.69, 9.17) is 0 Å². The maximum atomic E-state index is 4.31. The first kappa shape index (κ1) is 12.1. The number of rotatable bonds is 5. The third kappa shape index (κ3) is 4.26. The molecule has 0 amide bonds. The van der Waals surface area contributed by atoms with Crippen molar-refractivity contribution in [3.63, 3.8) is 0 Å². The van der Waals surface area contributed by atoms with Gasteiger partial charge >= 0.3 is 0 Å². The van der Waals surface area contributed by atoms with Crippen LogP contribution in [0.1, 0.15) is 0 Å². The van der Waals surface area contributed by atoms with Crippen LogP contribution in [0.3, 0.4) is 0 Å². The number of hydrogen-bond donors (Lipinski definition) is 1. The molecule has 0 atom stereocenters. The minimum absolute atomic E-state index is 0.796. The van der Waals surface area contributed by atoms with Gasteiger partial charge in [0.25, 0.3) is 0 Å². The van der Waals surface area contributed by atoms with Crippen molar-refractivity contribution in [2.24, 2.45) is 4.99 Å². The van der Waals surface area contributed by atoms with E-state index in [0.29, 0.717) is 0 Å². The lowest BCUT2D eigenvalue weighted by atomic mass is 10.3. The molecular weight excluding hydrogens is 220 g/mol. The summed E-state index contributed by atoms with van der Waals surface area (Å²) in [6, 6.07) is 20.0. The molecule has 0 aliphatic heterocycles. The van der Waals surface area contributed by atoms with Gasteiger partial charge in [-0.15, -0.1) is 0 Å². The summed E-state index contributed by atoms with van der Waals surface area (Å²) in [6.07, 6.45) is 5.80. The van der Waals surface area contributed by atoms with Crippen LogP contribution in [0.25, 0.3) is 0 Å². The molecule has 2 aromatic carbocycles. The molecule has 2 heteroatoms. The number of nitrogens with one attached hydrogen (secondary N) is 1. The van der Waals surface area contributed by atoms with Crippen molar-refractivity contribution in [3.05, 3.63) is 72.8 Å². The first-order valence-corrected chi connectivity index (χ1v) is 5.98. The highest BCUT2D eigenvalue weighted by molar-refractivity contribution is 5.74. The minimum atomic E-state index is 0.796. The number of hydrogen-bond acceptors (Lipinski definition) is 2. The molecule has 0 saturated heterocycles. The minimum Gasteiger partial charge on any atom is -0.382 e. The van der Waals surface area contributed by atoms with Crippen molar-refractivity contribution in [2.75, 3.05) is 11.9 Å². The lowest BCUT2D eigenvalue weighted by molar-refractivity contribution is 1.34. The topological polar surface area (TPSA) is 24.4 Å². The van der Waals surface area contributed by atoms with E-state index in [1.807, 2.05) is 79.0 Å². The van der Waals surface area contributed by atoms with Crippen molar-refractivity contribution >= 4 is 17.6 Å². The molecule has 0 aromatic heterocycles. The molecule has 2 rings (SSSR count). The Bertz CT molecular complexity index is 501. The Morgan fingerprint density at radius 2 is 1.56 bits per heavy atom. The van der Waals surface area contributed by atoms with E-state index in [0.717, 1.165) is 17.9 Å². The molecule has 0 radical (unpaired) electrons. The van der Waals surface area contributed by atoms with E-state index in [2.05, 4.69) is 10.3 Å². The van der Waals surface area contributed by atoms with Crippen LogP contribution in [0.4, 0.5) is 11.4 Å². The molecule has 0 aliphatic carbocycles. The number of benzene rings is 2. The van der Waals surface area contributed by atoms with E-state index in [1.54, 1.807) is 0 Å². The summed E-state index contributed by atoms with van der Waals surface area (Å²) in [4.78, 5) is 4.31. The fourth-order valence-corrected chi connectivity index (χ4v) is 1.50. The van der Waals surface area contributed by atoms with E-state index >= 15 is 0 Å². The highest BCUT2D eigenvalue weighted by Crippen LogP contribution is 2.08. The SMILES string of the molecule is C(/C=C/CNc1ccccc1)=Nc1ccccc1. The normalized spacial score (nSPS) is 11.1. The van der Waals surface area contributed by atoms with Crippen LogP contribution in [0.5, 0.6) is 0 Å². The Hall–Kier alpha value is -2.35. The van der Waals surface area contributed by atoms with Gasteiger partial charge in [-0.1, -0.05) is 42.5 Å². The molecule has 0 spiro atoms. The fraction of sp³-hybridized carbons (Fsp3) is 0.0625. The highest BCUT2D eigenvalue weighted by Gasteiger charge is 1.84. The molecule has 0 fully saturated rings. The predicted octanol–water partition coefficient (Wildman–Crippen LogP) is 4.06. The van der Waals surface area contributed by atoms with Gasteiger partial charge in [0.1, 0.15) is 0 Å². The van der Waals surface area contributed by atoms with Crippen LogP contribution in [0.2, 0.25) is 0 Å². The smallest absolute Gasteiger partial charge is 0.0629 e. The van der Waals surface area contributed by atoms with E-state index in [1.165, 1.54) is 0 Å². The molecule has 0 heterocycles. The lowest BCUT2D eigenvalue weighted by Crippen LogP contribution is -1.97. The maximum Gasteiger partial charge on any atom is 0.0629 e.